The first-order chi connectivity index (χ1) is 14.9. The molecular weight excluding hydrogens is 398 g/mol. The summed E-state index contributed by atoms with van der Waals surface area (Å²) in [6, 6.07) is 7.09. The van der Waals surface area contributed by atoms with Crippen molar-refractivity contribution < 1.29 is 23.8 Å². The highest BCUT2D eigenvalue weighted by Crippen LogP contribution is 2.29. The van der Waals surface area contributed by atoms with Gasteiger partial charge in [0.05, 0.1) is 23.3 Å². The lowest BCUT2D eigenvalue weighted by atomic mass is 9.99. The van der Waals surface area contributed by atoms with E-state index in [-0.39, 0.29) is 42.5 Å². The summed E-state index contributed by atoms with van der Waals surface area (Å²) < 4.78 is 17.9. The minimum Gasteiger partial charge on any atom is -0.489 e. The Morgan fingerprint density at radius 1 is 1.13 bits per heavy atom. The molecule has 8 nitrogen and oxygen atoms in total. The van der Waals surface area contributed by atoms with E-state index in [2.05, 4.69) is 6.07 Å². The number of fused-ring (bicyclic) bond motifs is 3. The maximum Gasteiger partial charge on any atom is 0.257 e. The first kappa shape index (κ1) is 23.0. The fourth-order valence-electron chi connectivity index (χ4n) is 4.11. The average Bonchev–Trinajstić information content (AvgIpc) is 2.79. The van der Waals surface area contributed by atoms with Crippen LogP contribution in [0.25, 0.3) is 0 Å². The monoisotopic (exact) mass is 429 g/mol. The first-order valence-electron chi connectivity index (χ1n) is 10.8. The third-order valence-corrected chi connectivity index (χ3v) is 6.06. The predicted octanol–water partition coefficient (Wildman–Crippen LogP) is 2.21. The Bertz CT molecular complexity index is 837. The van der Waals surface area contributed by atoms with Gasteiger partial charge >= 0.3 is 0 Å². The van der Waals surface area contributed by atoms with Crippen molar-refractivity contribution in [2.24, 2.45) is 0 Å². The Morgan fingerprint density at radius 3 is 2.68 bits per heavy atom. The predicted molar refractivity (Wildman–Crippen MR) is 114 cm³/mol. The molecule has 2 amide bonds. The van der Waals surface area contributed by atoms with E-state index in [0.717, 1.165) is 19.3 Å². The second-order valence-electron chi connectivity index (χ2n) is 8.19. The van der Waals surface area contributed by atoms with Crippen molar-refractivity contribution in [1.82, 2.24) is 9.80 Å². The summed E-state index contributed by atoms with van der Waals surface area (Å²) in [6.45, 7) is 1.23. The zero-order chi connectivity index (χ0) is 22.4. The van der Waals surface area contributed by atoms with Gasteiger partial charge in [0.2, 0.25) is 5.91 Å². The number of nitrogens with zero attached hydrogens (tertiary/aromatic N) is 3. The minimum absolute atomic E-state index is 0.00148. The highest BCUT2D eigenvalue weighted by Gasteiger charge is 2.33. The number of hydrogen-bond acceptors (Lipinski definition) is 6. The Balaban J connectivity index is 1.90. The molecule has 2 aliphatic rings. The molecule has 2 bridgehead atoms. The number of carbonyl (C=O) groups excluding carboxylic acids is 2. The van der Waals surface area contributed by atoms with Crippen LogP contribution in [0.4, 0.5) is 0 Å². The Labute approximate surface area is 183 Å². The van der Waals surface area contributed by atoms with E-state index in [1.54, 1.807) is 49.2 Å². The van der Waals surface area contributed by atoms with Crippen LogP contribution in [0.1, 0.15) is 48.0 Å². The van der Waals surface area contributed by atoms with E-state index in [1.807, 2.05) is 0 Å². The Kier molecular flexibility index (Phi) is 7.88. The summed E-state index contributed by atoms with van der Waals surface area (Å²) in [5.41, 5.74) is 0.636. The normalized spacial score (nSPS) is 26.1. The molecule has 3 atom stereocenters. The maximum atomic E-state index is 13.1. The third kappa shape index (κ3) is 5.54. The Morgan fingerprint density at radius 2 is 1.94 bits per heavy atom. The largest absolute Gasteiger partial charge is 0.489 e. The highest BCUT2D eigenvalue weighted by molar-refractivity contribution is 5.97. The second kappa shape index (κ2) is 10.6. The standard InChI is InChI=1S/C23H31N3O5/c1-25-13-11-17-9-10-19(29-3)20(31-17)15-30-22-16(14-24)6-4-7-18(22)23(28)26(2)12-5-8-21(25)27/h4,6-7,17,19-20H,5,8-13,15H2,1-3H3/t17-,19-,20+/m1/s1. The van der Waals surface area contributed by atoms with Crippen molar-refractivity contribution in [1.29, 1.82) is 5.26 Å². The van der Waals surface area contributed by atoms with Crippen molar-refractivity contribution in [2.45, 2.75) is 50.4 Å². The zero-order valence-electron chi connectivity index (χ0n) is 18.5. The van der Waals surface area contributed by atoms with Gasteiger partial charge in [0.25, 0.3) is 5.91 Å². The summed E-state index contributed by atoms with van der Waals surface area (Å²) >= 11 is 0. The third-order valence-electron chi connectivity index (χ3n) is 6.06. The smallest absolute Gasteiger partial charge is 0.257 e. The van der Waals surface area contributed by atoms with Crippen molar-refractivity contribution >= 4 is 11.8 Å². The summed E-state index contributed by atoms with van der Waals surface area (Å²) in [5, 5.41) is 9.56. The topological polar surface area (TPSA) is 92.1 Å². The molecule has 1 aromatic rings. The van der Waals surface area contributed by atoms with Gasteiger partial charge in [0.15, 0.2) is 0 Å². The van der Waals surface area contributed by atoms with Gasteiger partial charge in [-0.3, -0.25) is 9.59 Å². The van der Waals surface area contributed by atoms with Crippen molar-refractivity contribution in [3.8, 4) is 11.8 Å². The quantitative estimate of drug-likeness (QED) is 0.680. The van der Waals surface area contributed by atoms with Crippen LogP contribution in [-0.4, -0.2) is 80.8 Å². The number of amides is 2. The van der Waals surface area contributed by atoms with E-state index in [0.29, 0.717) is 37.1 Å². The molecule has 2 heterocycles. The van der Waals surface area contributed by atoms with Crippen LogP contribution in [0.2, 0.25) is 0 Å². The van der Waals surface area contributed by atoms with Gasteiger partial charge in [-0.15, -0.1) is 0 Å². The van der Waals surface area contributed by atoms with E-state index < -0.39 is 0 Å². The fraction of sp³-hybridized carbons (Fsp3) is 0.609. The van der Waals surface area contributed by atoms with Crippen LogP contribution in [0.15, 0.2) is 18.2 Å². The number of hydrogen-bond donors (Lipinski definition) is 0. The van der Waals surface area contributed by atoms with Crippen LogP contribution >= 0.6 is 0 Å². The molecule has 0 spiro atoms. The molecule has 1 saturated heterocycles. The van der Waals surface area contributed by atoms with Crippen LogP contribution in [-0.2, 0) is 14.3 Å². The molecule has 2 aliphatic heterocycles. The summed E-state index contributed by atoms with van der Waals surface area (Å²) in [6.07, 6.45) is 2.89. The van der Waals surface area contributed by atoms with Gasteiger partial charge in [-0.2, -0.15) is 5.26 Å². The molecule has 0 N–H and O–H groups in total. The minimum atomic E-state index is -0.329. The molecule has 0 radical (unpaired) electrons. The van der Waals surface area contributed by atoms with Crippen LogP contribution in [0, 0.1) is 11.3 Å². The fourth-order valence-corrected chi connectivity index (χ4v) is 4.11. The number of benzene rings is 1. The molecular formula is C23H31N3O5. The molecule has 0 saturated carbocycles. The number of rotatable bonds is 1. The van der Waals surface area contributed by atoms with Gasteiger partial charge in [-0.25, -0.2) is 0 Å². The number of ether oxygens (including phenoxy) is 3. The Hall–Kier alpha value is -2.63. The van der Waals surface area contributed by atoms with Crippen LogP contribution in [0.3, 0.4) is 0 Å². The summed E-state index contributed by atoms with van der Waals surface area (Å²) in [5.74, 6) is 0.0848. The molecule has 31 heavy (non-hydrogen) atoms. The average molecular weight is 430 g/mol. The number of methoxy groups -OCH3 is 1. The van der Waals surface area contributed by atoms with Gasteiger partial charge < -0.3 is 24.0 Å². The van der Waals surface area contributed by atoms with Gasteiger partial charge in [0.1, 0.15) is 24.5 Å². The first-order valence-corrected chi connectivity index (χ1v) is 10.8. The molecule has 0 aromatic heterocycles. The van der Waals surface area contributed by atoms with Gasteiger partial charge in [-0.1, -0.05) is 6.07 Å². The van der Waals surface area contributed by atoms with Crippen molar-refractivity contribution in [3.05, 3.63) is 29.3 Å². The number of nitriles is 1. The van der Waals surface area contributed by atoms with Crippen molar-refractivity contribution in [3.63, 3.8) is 0 Å². The molecule has 1 aromatic carbocycles. The lowest BCUT2D eigenvalue weighted by Crippen LogP contribution is -2.44. The summed E-state index contributed by atoms with van der Waals surface area (Å²) in [7, 11) is 5.15. The van der Waals surface area contributed by atoms with Crippen LogP contribution in [0.5, 0.6) is 5.75 Å². The lowest BCUT2D eigenvalue weighted by molar-refractivity contribution is -0.145. The molecule has 8 heteroatoms. The molecule has 1 fully saturated rings. The number of carbonyl (C=O) groups is 2. The van der Waals surface area contributed by atoms with Gasteiger partial charge in [0, 0.05) is 40.7 Å². The molecule has 168 valence electrons. The van der Waals surface area contributed by atoms with E-state index in [9.17, 15) is 14.9 Å². The lowest BCUT2D eigenvalue weighted by Gasteiger charge is -2.36. The van der Waals surface area contributed by atoms with E-state index >= 15 is 0 Å². The summed E-state index contributed by atoms with van der Waals surface area (Å²) in [4.78, 5) is 28.8. The van der Waals surface area contributed by atoms with Crippen LogP contribution < -0.4 is 4.74 Å². The van der Waals surface area contributed by atoms with Gasteiger partial charge in [-0.05, 0) is 37.8 Å². The molecule has 0 aliphatic carbocycles. The maximum absolute atomic E-state index is 13.1. The number of para-hydroxylation sites is 1. The highest BCUT2D eigenvalue weighted by atomic mass is 16.6. The van der Waals surface area contributed by atoms with E-state index in [1.165, 1.54) is 0 Å². The van der Waals surface area contributed by atoms with E-state index in [4.69, 9.17) is 14.2 Å². The second-order valence-corrected chi connectivity index (χ2v) is 8.19. The zero-order valence-corrected chi connectivity index (χ0v) is 18.5. The van der Waals surface area contributed by atoms with Crippen molar-refractivity contribution in [2.75, 3.05) is 40.9 Å². The SMILES string of the molecule is CO[C@@H]1CC[C@@H]2CCN(C)C(=O)CCCN(C)C(=O)c3cccc(C#N)c3OC[C@@H]1O2. The molecule has 0 unspecified atom stereocenters. The molecule has 3 rings (SSSR count).